The van der Waals surface area contributed by atoms with E-state index in [9.17, 15) is 14.4 Å². The first-order valence-electron chi connectivity index (χ1n) is 7.41. The minimum absolute atomic E-state index is 0.123. The number of nitrogens with one attached hydrogen (secondary N) is 2. The standard InChI is InChI=1S/C17H20N2O5/c1-9-5-6-13(23-3)12(7-9)19-16(21)11-8-14(20)18-10(2)15(11)17(22)24-4/h5-7,11H,8H2,1-4H3,(H,18,20)(H,19,21)/t11-/m1/s1. The Morgan fingerprint density at radius 3 is 2.58 bits per heavy atom. The molecule has 128 valence electrons. The third-order valence-electron chi connectivity index (χ3n) is 3.80. The molecule has 1 aromatic rings. The van der Waals surface area contributed by atoms with Gasteiger partial charge in [0.15, 0.2) is 0 Å². The van der Waals surface area contributed by atoms with Crippen molar-refractivity contribution in [1.82, 2.24) is 5.32 Å². The maximum absolute atomic E-state index is 12.7. The Balaban J connectivity index is 2.34. The first kappa shape index (κ1) is 17.5. The van der Waals surface area contributed by atoms with E-state index in [1.165, 1.54) is 14.2 Å². The molecular weight excluding hydrogens is 312 g/mol. The third kappa shape index (κ3) is 3.56. The predicted octanol–water partition coefficient (Wildman–Crippen LogP) is 1.53. The fraction of sp³-hybridized carbons (Fsp3) is 0.353. The lowest BCUT2D eigenvalue weighted by atomic mass is 9.89. The molecular formula is C17H20N2O5. The molecule has 1 aliphatic rings. The van der Waals surface area contributed by atoms with E-state index in [4.69, 9.17) is 9.47 Å². The smallest absolute Gasteiger partial charge is 0.336 e. The van der Waals surface area contributed by atoms with Gasteiger partial charge in [-0.15, -0.1) is 0 Å². The van der Waals surface area contributed by atoms with E-state index in [1.54, 1.807) is 19.1 Å². The minimum Gasteiger partial charge on any atom is -0.495 e. The highest BCUT2D eigenvalue weighted by Crippen LogP contribution is 2.29. The van der Waals surface area contributed by atoms with Crippen LogP contribution in [0.2, 0.25) is 0 Å². The number of hydrogen-bond acceptors (Lipinski definition) is 5. The molecule has 0 radical (unpaired) electrons. The second-order valence-corrected chi connectivity index (χ2v) is 5.53. The summed E-state index contributed by atoms with van der Waals surface area (Å²) in [4.78, 5) is 36.4. The monoisotopic (exact) mass is 332 g/mol. The molecule has 0 aliphatic carbocycles. The molecule has 0 fully saturated rings. The van der Waals surface area contributed by atoms with Crippen molar-refractivity contribution in [1.29, 1.82) is 0 Å². The van der Waals surface area contributed by atoms with Gasteiger partial charge in [0, 0.05) is 12.1 Å². The molecule has 0 unspecified atom stereocenters. The lowest BCUT2D eigenvalue weighted by Gasteiger charge is -2.25. The fourth-order valence-corrected chi connectivity index (χ4v) is 2.64. The van der Waals surface area contributed by atoms with Crippen LogP contribution in [0.25, 0.3) is 0 Å². The predicted molar refractivity (Wildman–Crippen MR) is 87.3 cm³/mol. The molecule has 7 nitrogen and oxygen atoms in total. The fourth-order valence-electron chi connectivity index (χ4n) is 2.64. The van der Waals surface area contributed by atoms with Crippen LogP contribution in [0, 0.1) is 12.8 Å². The van der Waals surface area contributed by atoms with Gasteiger partial charge in [-0.1, -0.05) is 6.07 Å². The Hall–Kier alpha value is -2.83. The van der Waals surface area contributed by atoms with Crippen LogP contribution in [0.1, 0.15) is 18.9 Å². The van der Waals surface area contributed by atoms with Crippen LogP contribution in [0.4, 0.5) is 5.69 Å². The van der Waals surface area contributed by atoms with Crippen molar-refractivity contribution in [2.75, 3.05) is 19.5 Å². The molecule has 0 aromatic heterocycles. The highest BCUT2D eigenvalue weighted by atomic mass is 16.5. The molecule has 24 heavy (non-hydrogen) atoms. The summed E-state index contributed by atoms with van der Waals surface area (Å²) >= 11 is 0. The van der Waals surface area contributed by atoms with Crippen molar-refractivity contribution in [2.24, 2.45) is 5.92 Å². The van der Waals surface area contributed by atoms with Crippen LogP contribution in [0.15, 0.2) is 29.5 Å². The Labute approximate surface area is 140 Å². The van der Waals surface area contributed by atoms with E-state index in [1.807, 2.05) is 13.0 Å². The Kier molecular flexibility index (Phi) is 5.23. The molecule has 1 atom stereocenters. The van der Waals surface area contributed by atoms with Crippen molar-refractivity contribution in [3.8, 4) is 5.75 Å². The second-order valence-electron chi connectivity index (χ2n) is 5.53. The summed E-state index contributed by atoms with van der Waals surface area (Å²) < 4.78 is 9.97. The van der Waals surface area contributed by atoms with E-state index >= 15 is 0 Å². The van der Waals surface area contributed by atoms with E-state index in [0.717, 1.165) is 5.56 Å². The quantitative estimate of drug-likeness (QED) is 0.816. The number of ether oxygens (including phenoxy) is 2. The van der Waals surface area contributed by atoms with E-state index in [2.05, 4.69) is 10.6 Å². The molecule has 1 heterocycles. The van der Waals surface area contributed by atoms with Crippen molar-refractivity contribution < 1.29 is 23.9 Å². The van der Waals surface area contributed by atoms with Gasteiger partial charge in [-0.2, -0.15) is 0 Å². The number of hydrogen-bond donors (Lipinski definition) is 2. The van der Waals surface area contributed by atoms with Crippen molar-refractivity contribution in [3.63, 3.8) is 0 Å². The van der Waals surface area contributed by atoms with Gasteiger partial charge in [0.25, 0.3) is 0 Å². The molecule has 1 aromatic carbocycles. The summed E-state index contributed by atoms with van der Waals surface area (Å²) in [5, 5.41) is 5.30. The van der Waals surface area contributed by atoms with E-state index in [0.29, 0.717) is 17.1 Å². The molecule has 0 bridgehead atoms. The second kappa shape index (κ2) is 7.16. The third-order valence-corrected chi connectivity index (χ3v) is 3.80. The highest BCUT2D eigenvalue weighted by Gasteiger charge is 2.36. The molecule has 7 heteroatoms. The summed E-state index contributed by atoms with van der Waals surface area (Å²) in [6, 6.07) is 5.35. The minimum atomic E-state index is -0.920. The zero-order valence-electron chi connectivity index (χ0n) is 14.1. The number of amides is 2. The molecule has 0 saturated carbocycles. The molecule has 1 aliphatic heterocycles. The van der Waals surface area contributed by atoms with Gasteiger partial charge >= 0.3 is 5.97 Å². The topological polar surface area (TPSA) is 93.7 Å². The van der Waals surface area contributed by atoms with Gasteiger partial charge in [-0.3, -0.25) is 9.59 Å². The number of allylic oxidation sites excluding steroid dienone is 1. The van der Waals surface area contributed by atoms with Crippen LogP contribution in [0.3, 0.4) is 0 Å². The average Bonchev–Trinajstić information content (AvgIpc) is 2.53. The van der Waals surface area contributed by atoms with Crippen LogP contribution >= 0.6 is 0 Å². The number of anilines is 1. The average molecular weight is 332 g/mol. The van der Waals surface area contributed by atoms with Gasteiger partial charge < -0.3 is 20.1 Å². The first-order valence-corrected chi connectivity index (χ1v) is 7.41. The van der Waals surface area contributed by atoms with Crippen molar-refractivity contribution in [2.45, 2.75) is 20.3 Å². The van der Waals surface area contributed by atoms with Gasteiger partial charge in [0.2, 0.25) is 11.8 Å². The lowest BCUT2D eigenvalue weighted by molar-refractivity contribution is -0.139. The van der Waals surface area contributed by atoms with Crippen molar-refractivity contribution in [3.05, 3.63) is 35.0 Å². The van der Waals surface area contributed by atoms with Gasteiger partial charge in [0.1, 0.15) is 5.75 Å². The molecule has 0 spiro atoms. The number of esters is 1. The number of methoxy groups -OCH3 is 2. The number of benzene rings is 1. The number of rotatable bonds is 4. The maximum atomic E-state index is 12.7. The van der Waals surface area contributed by atoms with Crippen LogP contribution < -0.4 is 15.4 Å². The number of carbonyl (C=O) groups is 3. The zero-order valence-corrected chi connectivity index (χ0v) is 14.1. The maximum Gasteiger partial charge on any atom is 0.336 e. The van der Waals surface area contributed by atoms with Gasteiger partial charge in [0.05, 0.1) is 31.4 Å². The summed E-state index contributed by atoms with van der Waals surface area (Å²) in [5.41, 5.74) is 1.90. The zero-order chi connectivity index (χ0) is 17.9. The Morgan fingerprint density at radius 1 is 1.25 bits per heavy atom. The van der Waals surface area contributed by atoms with Gasteiger partial charge in [-0.25, -0.2) is 4.79 Å². The molecule has 2 amide bonds. The lowest BCUT2D eigenvalue weighted by Crippen LogP contribution is -2.40. The summed E-state index contributed by atoms with van der Waals surface area (Å²) in [7, 11) is 2.73. The van der Waals surface area contributed by atoms with Crippen LogP contribution in [-0.2, 0) is 19.1 Å². The first-order chi connectivity index (χ1) is 11.4. The summed E-state index contributed by atoms with van der Waals surface area (Å²) in [6.07, 6.45) is -0.123. The SMILES string of the molecule is COC(=O)C1=C(C)NC(=O)C[C@H]1C(=O)Nc1cc(C)ccc1OC. The number of aryl methyl sites for hydroxylation is 1. The summed E-state index contributed by atoms with van der Waals surface area (Å²) in [6.45, 7) is 3.45. The summed E-state index contributed by atoms with van der Waals surface area (Å²) in [5.74, 6) is -1.85. The van der Waals surface area contributed by atoms with Gasteiger partial charge in [-0.05, 0) is 31.5 Å². The highest BCUT2D eigenvalue weighted by molar-refractivity contribution is 6.06. The van der Waals surface area contributed by atoms with E-state index in [-0.39, 0.29) is 17.9 Å². The number of carbonyl (C=O) groups excluding carboxylic acids is 3. The molecule has 2 rings (SSSR count). The Morgan fingerprint density at radius 2 is 1.96 bits per heavy atom. The van der Waals surface area contributed by atoms with E-state index < -0.39 is 17.8 Å². The van der Waals surface area contributed by atoms with Crippen LogP contribution in [-0.4, -0.2) is 32.0 Å². The molecule has 0 saturated heterocycles. The molecule has 2 N–H and O–H groups in total. The normalized spacial score (nSPS) is 17.2. The van der Waals surface area contributed by atoms with Crippen LogP contribution in [0.5, 0.6) is 5.75 Å². The van der Waals surface area contributed by atoms with Crippen molar-refractivity contribution >= 4 is 23.5 Å². The largest absolute Gasteiger partial charge is 0.495 e. The Bertz CT molecular complexity index is 724.